The number of rotatable bonds is 5. The Kier molecular flexibility index (Phi) is 5.78. The molecule has 3 aliphatic rings. The summed E-state index contributed by atoms with van der Waals surface area (Å²) in [6.45, 7) is 3.79. The summed E-state index contributed by atoms with van der Waals surface area (Å²) in [6.07, 6.45) is 0.866. The molecule has 0 bridgehead atoms. The standard InChI is InChI=1S/C28H26FN3O4/c29-22-14-17(16-31-10-12-36-13-11-31)4-5-19(22)15-18-6-7-23-26-20(18)2-1-3-21(26)28(35)32(23)24-8-9-25(33)30-27(24)34/h1-7,14,24H,8-13,15-16H2,(H,30,33,34)/t24-/m0/s1. The van der Waals surface area contributed by atoms with Crippen LogP contribution in [0.2, 0.25) is 0 Å². The normalized spacial score (nSPS) is 20.3. The predicted octanol–water partition coefficient (Wildman–Crippen LogP) is 3.17. The molecule has 3 aromatic rings. The molecule has 184 valence electrons. The van der Waals surface area contributed by atoms with Crippen LogP contribution in [0, 0.1) is 5.82 Å². The Morgan fingerprint density at radius 1 is 1.00 bits per heavy atom. The van der Waals surface area contributed by atoms with Gasteiger partial charge in [-0.25, -0.2) is 4.39 Å². The van der Waals surface area contributed by atoms with Gasteiger partial charge in [0, 0.05) is 43.4 Å². The first-order chi connectivity index (χ1) is 17.5. The van der Waals surface area contributed by atoms with Crippen LogP contribution in [0.15, 0.2) is 48.5 Å². The number of ether oxygens (including phenoxy) is 1. The van der Waals surface area contributed by atoms with E-state index in [4.69, 9.17) is 4.74 Å². The topological polar surface area (TPSA) is 79.0 Å². The molecule has 3 amide bonds. The van der Waals surface area contributed by atoms with Crippen LogP contribution in [0.5, 0.6) is 0 Å². The molecule has 0 aromatic heterocycles. The van der Waals surface area contributed by atoms with Gasteiger partial charge in [0.05, 0.1) is 18.9 Å². The molecule has 3 aromatic carbocycles. The van der Waals surface area contributed by atoms with Crippen LogP contribution >= 0.6 is 0 Å². The SMILES string of the molecule is O=C1CC[C@H](N2C(=O)c3cccc4c(Cc5ccc(CN6CCOCC6)cc5F)ccc2c34)C(=O)N1. The molecule has 0 spiro atoms. The van der Waals surface area contributed by atoms with Crippen LogP contribution in [-0.2, 0) is 27.3 Å². The first-order valence-corrected chi connectivity index (χ1v) is 12.3. The summed E-state index contributed by atoms with van der Waals surface area (Å²) in [5.41, 5.74) is 3.62. The van der Waals surface area contributed by atoms with Crippen molar-refractivity contribution in [3.05, 3.63) is 76.6 Å². The maximum Gasteiger partial charge on any atom is 0.259 e. The van der Waals surface area contributed by atoms with E-state index in [2.05, 4.69) is 10.2 Å². The fourth-order valence-electron chi connectivity index (χ4n) is 5.51. The monoisotopic (exact) mass is 487 g/mol. The number of nitrogens with zero attached hydrogens (tertiary/aromatic N) is 2. The quantitative estimate of drug-likeness (QED) is 0.560. The number of anilines is 1. The average molecular weight is 488 g/mol. The molecule has 3 aliphatic heterocycles. The molecule has 0 aliphatic carbocycles. The van der Waals surface area contributed by atoms with E-state index in [1.54, 1.807) is 12.1 Å². The number of benzene rings is 3. The van der Waals surface area contributed by atoms with Crippen molar-refractivity contribution in [2.75, 3.05) is 31.2 Å². The van der Waals surface area contributed by atoms with E-state index in [0.29, 0.717) is 43.0 Å². The molecule has 6 rings (SSSR count). The van der Waals surface area contributed by atoms with E-state index < -0.39 is 11.9 Å². The van der Waals surface area contributed by atoms with Crippen molar-refractivity contribution in [3.63, 3.8) is 0 Å². The number of halogens is 1. The van der Waals surface area contributed by atoms with Crippen molar-refractivity contribution in [1.82, 2.24) is 10.2 Å². The van der Waals surface area contributed by atoms with Crippen LogP contribution in [0.4, 0.5) is 10.1 Å². The van der Waals surface area contributed by atoms with Crippen molar-refractivity contribution in [2.24, 2.45) is 0 Å². The zero-order valence-electron chi connectivity index (χ0n) is 19.8. The van der Waals surface area contributed by atoms with Crippen molar-refractivity contribution < 1.29 is 23.5 Å². The molecule has 36 heavy (non-hydrogen) atoms. The number of hydrogen-bond donors (Lipinski definition) is 1. The van der Waals surface area contributed by atoms with Gasteiger partial charge >= 0.3 is 0 Å². The minimum absolute atomic E-state index is 0.193. The van der Waals surface area contributed by atoms with Crippen molar-refractivity contribution in [2.45, 2.75) is 31.8 Å². The Labute approximate surface area is 207 Å². The molecule has 7 nitrogen and oxygen atoms in total. The van der Waals surface area contributed by atoms with Gasteiger partial charge in [0.1, 0.15) is 11.9 Å². The van der Waals surface area contributed by atoms with Gasteiger partial charge in [-0.2, -0.15) is 0 Å². The lowest BCUT2D eigenvalue weighted by Gasteiger charge is -2.30. The lowest BCUT2D eigenvalue weighted by molar-refractivity contribution is -0.134. The highest BCUT2D eigenvalue weighted by Crippen LogP contribution is 2.41. The Morgan fingerprint density at radius 3 is 2.58 bits per heavy atom. The van der Waals surface area contributed by atoms with Gasteiger partial charge < -0.3 is 4.74 Å². The van der Waals surface area contributed by atoms with Crippen molar-refractivity contribution in [1.29, 1.82) is 0 Å². The summed E-state index contributed by atoms with van der Waals surface area (Å²) in [5, 5.41) is 3.98. The maximum atomic E-state index is 15.1. The number of nitrogens with one attached hydrogen (secondary N) is 1. The molecule has 3 heterocycles. The molecule has 0 unspecified atom stereocenters. The number of morpholine rings is 1. The molecule has 1 atom stereocenters. The van der Waals surface area contributed by atoms with Crippen LogP contribution in [0.25, 0.3) is 10.8 Å². The number of imide groups is 1. The lowest BCUT2D eigenvalue weighted by Crippen LogP contribution is -2.53. The summed E-state index contributed by atoms with van der Waals surface area (Å²) < 4.78 is 20.5. The van der Waals surface area contributed by atoms with Gasteiger partial charge in [0.25, 0.3) is 5.91 Å². The highest BCUT2D eigenvalue weighted by Gasteiger charge is 2.40. The summed E-state index contributed by atoms with van der Waals surface area (Å²) in [7, 11) is 0. The molecule has 0 saturated carbocycles. The highest BCUT2D eigenvalue weighted by atomic mass is 19.1. The molecular weight excluding hydrogens is 461 g/mol. The molecule has 0 radical (unpaired) electrons. The van der Waals surface area contributed by atoms with Crippen LogP contribution in [0.3, 0.4) is 0 Å². The summed E-state index contributed by atoms with van der Waals surface area (Å²) in [5.74, 6) is -1.27. The number of hydrogen-bond acceptors (Lipinski definition) is 5. The van der Waals surface area contributed by atoms with Crippen molar-refractivity contribution in [3.8, 4) is 0 Å². The Balaban J connectivity index is 1.30. The van der Waals surface area contributed by atoms with Gasteiger partial charge in [-0.1, -0.05) is 30.3 Å². The Hall–Kier alpha value is -3.62. The van der Waals surface area contributed by atoms with E-state index in [1.165, 1.54) is 4.90 Å². The number of piperidine rings is 1. The van der Waals surface area contributed by atoms with Gasteiger partial charge in [-0.3, -0.25) is 29.5 Å². The third kappa shape index (κ3) is 3.96. The highest BCUT2D eigenvalue weighted by molar-refractivity contribution is 6.27. The molecule has 1 N–H and O–H groups in total. The summed E-state index contributed by atoms with van der Waals surface area (Å²) in [6, 6.07) is 13.9. The van der Waals surface area contributed by atoms with Gasteiger partial charge in [0.15, 0.2) is 0 Å². The average Bonchev–Trinajstić information content (AvgIpc) is 3.16. The van der Waals surface area contributed by atoms with Gasteiger partial charge in [-0.15, -0.1) is 0 Å². The second-order valence-corrected chi connectivity index (χ2v) is 9.61. The molecule has 8 heteroatoms. The fourth-order valence-corrected chi connectivity index (χ4v) is 5.51. The Bertz CT molecular complexity index is 1400. The molecule has 2 fully saturated rings. The third-order valence-electron chi connectivity index (χ3n) is 7.35. The zero-order chi connectivity index (χ0) is 24.8. The van der Waals surface area contributed by atoms with Crippen LogP contribution in [0.1, 0.15) is 39.9 Å². The van der Waals surface area contributed by atoms with Gasteiger partial charge in [-0.05, 0) is 46.7 Å². The maximum absolute atomic E-state index is 15.1. The van der Waals surface area contributed by atoms with Gasteiger partial charge in [0.2, 0.25) is 11.8 Å². The van der Waals surface area contributed by atoms with Crippen LogP contribution in [-0.4, -0.2) is 55.0 Å². The zero-order valence-corrected chi connectivity index (χ0v) is 19.8. The Morgan fingerprint density at radius 2 is 1.81 bits per heavy atom. The molecule has 2 saturated heterocycles. The second-order valence-electron chi connectivity index (χ2n) is 9.61. The number of carbonyl (C=O) groups excluding carboxylic acids is 3. The second kappa shape index (κ2) is 9.11. The van der Waals surface area contributed by atoms with Crippen LogP contribution < -0.4 is 10.2 Å². The lowest BCUT2D eigenvalue weighted by atomic mass is 9.95. The largest absolute Gasteiger partial charge is 0.379 e. The predicted molar refractivity (Wildman–Crippen MR) is 132 cm³/mol. The summed E-state index contributed by atoms with van der Waals surface area (Å²) >= 11 is 0. The number of carbonyl (C=O) groups is 3. The van der Waals surface area contributed by atoms with E-state index in [1.807, 2.05) is 36.4 Å². The first kappa shape index (κ1) is 22.8. The smallest absolute Gasteiger partial charge is 0.259 e. The fraction of sp³-hybridized carbons (Fsp3) is 0.321. The minimum atomic E-state index is -0.729. The van der Waals surface area contributed by atoms with Crippen molar-refractivity contribution >= 4 is 34.2 Å². The first-order valence-electron chi connectivity index (χ1n) is 12.3. The van der Waals surface area contributed by atoms with E-state index in [-0.39, 0.29) is 30.5 Å². The van der Waals surface area contributed by atoms with E-state index in [0.717, 1.165) is 35.0 Å². The summed E-state index contributed by atoms with van der Waals surface area (Å²) in [4.78, 5) is 41.2. The van der Waals surface area contributed by atoms with E-state index in [9.17, 15) is 14.4 Å². The van der Waals surface area contributed by atoms with E-state index >= 15 is 4.39 Å². The third-order valence-corrected chi connectivity index (χ3v) is 7.35. The molecular formula is C28H26FN3O4. The number of amides is 3. The minimum Gasteiger partial charge on any atom is -0.379 e.